The van der Waals surface area contributed by atoms with Gasteiger partial charge in [-0.1, -0.05) is 112 Å². The van der Waals surface area contributed by atoms with Crippen molar-refractivity contribution < 1.29 is 18.0 Å². The van der Waals surface area contributed by atoms with E-state index >= 15 is 0 Å². The molecule has 1 atom stereocenters. The van der Waals surface area contributed by atoms with Gasteiger partial charge in [0.1, 0.15) is 12.6 Å². The number of carbonyl (C=O) groups is 2. The van der Waals surface area contributed by atoms with Gasteiger partial charge in [-0.2, -0.15) is 0 Å². The highest BCUT2D eigenvalue weighted by molar-refractivity contribution is 7.92. The number of hydrogen-bond acceptors (Lipinski definition) is 4. The predicted molar refractivity (Wildman–Crippen MR) is 188 cm³/mol. The highest BCUT2D eigenvalue weighted by atomic mass is 32.2. The molecule has 246 valence electrons. The second kappa shape index (κ2) is 15.4. The van der Waals surface area contributed by atoms with Crippen LogP contribution in [0.5, 0.6) is 0 Å². The van der Waals surface area contributed by atoms with E-state index in [4.69, 9.17) is 0 Å². The van der Waals surface area contributed by atoms with Crippen LogP contribution in [0.3, 0.4) is 0 Å². The summed E-state index contributed by atoms with van der Waals surface area (Å²) in [6, 6.07) is 32.1. The maximum atomic E-state index is 14.7. The largest absolute Gasteiger partial charge is 0.352 e. The van der Waals surface area contributed by atoms with E-state index in [-0.39, 0.29) is 29.3 Å². The molecule has 0 saturated heterocycles. The summed E-state index contributed by atoms with van der Waals surface area (Å²) >= 11 is 0. The minimum absolute atomic E-state index is 0.0608. The molecule has 7 nitrogen and oxygen atoms in total. The Bertz CT molecular complexity index is 1740. The highest BCUT2D eigenvalue weighted by Gasteiger charge is 2.35. The van der Waals surface area contributed by atoms with Gasteiger partial charge in [0.25, 0.3) is 10.0 Å². The second-order valence-electron chi connectivity index (χ2n) is 12.7. The molecule has 2 amide bonds. The zero-order valence-electron chi connectivity index (χ0n) is 27.5. The van der Waals surface area contributed by atoms with Crippen LogP contribution in [0.25, 0.3) is 0 Å². The molecule has 0 unspecified atom stereocenters. The fourth-order valence-electron chi connectivity index (χ4n) is 6.17. The molecule has 1 fully saturated rings. The molecule has 0 aromatic heterocycles. The van der Waals surface area contributed by atoms with Crippen molar-refractivity contribution in [2.75, 3.05) is 10.8 Å². The molecule has 5 rings (SSSR count). The number of benzene rings is 4. The molecule has 0 spiro atoms. The average molecular weight is 652 g/mol. The van der Waals surface area contributed by atoms with E-state index in [9.17, 15) is 18.0 Å². The number of anilines is 1. The van der Waals surface area contributed by atoms with Gasteiger partial charge >= 0.3 is 0 Å². The average Bonchev–Trinajstić information content (AvgIpc) is 3.60. The first-order chi connectivity index (χ1) is 22.6. The maximum absolute atomic E-state index is 14.7. The third-order valence-corrected chi connectivity index (χ3v) is 10.8. The van der Waals surface area contributed by atoms with Gasteiger partial charge in [0.05, 0.1) is 10.6 Å². The van der Waals surface area contributed by atoms with Gasteiger partial charge in [-0.05, 0) is 72.2 Å². The standard InChI is InChI=1S/C39H45N3O4S/c1-29(2)32-22-24-35(25-23-32)42(47(45,46)36-20-8-5-9-21-36)28-38(43)41(27-33-17-11-10-14-30(33)3)37(26-31-15-6-4-7-16-31)39(44)40-34-18-12-13-19-34/h4-11,14-17,20-25,29,34,37H,12-13,18-19,26-28H2,1-3H3,(H,40,44)/t37-/m1/s1. The lowest BCUT2D eigenvalue weighted by Crippen LogP contribution is -2.54. The smallest absolute Gasteiger partial charge is 0.264 e. The van der Waals surface area contributed by atoms with E-state index < -0.39 is 28.5 Å². The summed E-state index contributed by atoms with van der Waals surface area (Å²) in [5, 5.41) is 3.23. The van der Waals surface area contributed by atoms with E-state index in [1.54, 1.807) is 35.2 Å². The van der Waals surface area contributed by atoms with Gasteiger partial charge in [0, 0.05) is 19.0 Å². The lowest BCUT2D eigenvalue weighted by Gasteiger charge is -2.34. The zero-order valence-corrected chi connectivity index (χ0v) is 28.3. The predicted octanol–water partition coefficient (Wildman–Crippen LogP) is 7.01. The van der Waals surface area contributed by atoms with Gasteiger partial charge in [0.15, 0.2) is 0 Å². The summed E-state index contributed by atoms with van der Waals surface area (Å²) in [4.78, 5) is 30.5. The molecule has 4 aromatic rings. The molecule has 4 aromatic carbocycles. The van der Waals surface area contributed by atoms with Crippen molar-refractivity contribution in [3.05, 3.63) is 131 Å². The summed E-state index contributed by atoms with van der Waals surface area (Å²) in [6.45, 7) is 5.82. The molecule has 0 aliphatic heterocycles. The van der Waals surface area contributed by atoms with Crippen LogP contribution in [-0.4, -0.2) is 43.8 Å². The minimum Gasteiger partial charge on any atom is -0.352 e. The van der Waals surface area contributed by atoms with Crippen LogP contribution in [0.15, 0.2) is 114 Å². The number of amides is 2. The van der Waals surface area contributed by atoms with Crippen molar-refractivity contribution in [3.8, 4) is 0 Å². The van der Waals surface area contributed by atoms with Gasteiger partial charge in [-0.25, -0.2) is 8.42 Å². The van der Waals surface area contributed by atoms with Crippen LogP contribution < -0.4 is 9.62 Å². The van der Waals surface area contributed by atoms with Crippen molar-refractivity contribution in [1.29, 1.82) is 0 Å². The summed E-state index contributed by atoms with van der Waals surface area (Å²) in [5.74, 6) is -0.420. The highest BCUT2D eigenvalue weighted by Crippen LogP contribution is 2.27. The molecule has 0 heterocycles. The third-order valence-electron chi connectivity index (χ3n) is 9.03. The first-order valence-corrected chi connectivity index (χ1v) is 17.9. The first kappa shape index (κ1) is 33.9. The molecule has 47 heavy (non-hydrogen) atoms. The molecule has 1 N–H and O–H groups in total. The fourth-order valence-corrected chi connectivity index (χ4v) is 7.60. The Hall–Kier alpha value is -4.43. The molecule has 1 aliphatic carbocycles. The molecule has 8 heteroatoms. The van der Waals surface area contributed by atoms with Crippen molar-refractivity contribution in [2.45, 2.75) is 82.3 Å². The lowest BCUT2D eigenvalue weighted by atomic mass is 10.0. The molecular weight excluding hydrogens is 607 g/mol. The van der Waals surface area contributed by atoms with E-state index in [0.717, 1.165) is 47.9 Å². The van der Waals surface area contributed by atoms with Crippen LogP contribution in [0, 0.1) is 6.92 Å². The van der Waals surface area contributed by atoms with Crippen LogP contribution in [0.1, 0.15) is 67.7 Å². The maximum Gasteiger partial charge on any atom is 0.264 e. The number of nitrogens with one attached hydrogen (secondary N) is 1. The Labute approximate surface area is 279 Å². The van der Waals surface area contributed by atoms with Gasteiger partial charge < -0.3 is 10.2 Å². The van der Waals surface area contributed by atoms with Crippen LogP contribution in [0.4, 0.5) is 5.69 Å². The van der Waals surface area contributed by atoms with Gasteiger partial charge in [-0.15, -0.1) is 0 Å². The van der Waals surface area contributed by atoms with Crippen molar-refractivity contribution in [1.82, 2.24) is 10.2 Å². The van der Waals surface area contributed by atoms with Crippen LogP contribution >= 0.6 is 0 Å². The summed E-state index contributed by atoms with van der Waals surface area (Å²) < 4.78 is 29.6. The van der Waals surface area contributed by atoms with E-state index in [1.807, 2.05) is 73.7 Å². The summed E-state index contributed by atoms with van der Waals surface area (Å²) in [7, 11) is -4.14. The molecule has 0 bridgehead atoms. The van der Waals surface area contributed by atoms with Crippen molar-refractivity contribution in [2.24, 2.45) is 0 Å². The number of rotatable bonds is 13. The minimum atomic E-state index is -4.14. The topological polar surface area (TPSA) is 86.8 Å². The van der Waals surface area contributed by atoms with Crippen molar-refractivity contribution in [3.63, 3.8) is 0 Å². The van der Waals surface area contributed by atoms with Gasteiger partial charge in [-0.3, -0.25) is 13.9 Å². The molecule has 1 aliphatic rings. The molecule has 1 saturated carbocycles. The number of nitrogens with zero attached hydrogens (tertiary/aromatic N) is 2. The third kappa shape index (κ3) is 8.49. The Morgan fingerprint density at radius 2 is 1.40 bits per heavy atom. The lowest BCUT2D eigenvalue weighted by molar-refractivity contribution is -0.140. The van der Waals surface area contributed by atoms with Crippen LogP contribution in [0.2, 0.25) is 0 Å². The Morgan fingerprint density at radius 1 is 0.809 bits per heavy atom. The van der Waals surface area contributed by atoms with Crippen molar-refractivity contribution >= 4 is 27.5 Å². The van der Waals surface area contributed by atoms with Gasteiger partial charge in [0.2, 0.25) is 11.8 Å². The number of sulfonamides is 1. The Kier molecular flexibility index (Phi) is 11.1. The number of carbonyl (C=O) groups excluding carboxylic acids is 2. The van der Waals surface area contributed by atoms with E-state index in [0.29, 0.717) is 12.1 Å². The SMILES string of the molecule is Cc1ccccc1CN(C(=O)CN(c1ccc(C(C)C)cc1)S(=O)(=O)c1ccccc1)[C@H](Cc1ccccc1)C(=O)NC1CCCC1. The monoisotopic (exact) mass is 651 g/mol. The number of hydrogen-bond donors (Lipinski definition) is 1. The normalized spacial score (nSPS) is 14.1. The molecular formula is C39H45N3O4S. The zero-order chi connectivity index (χ0) is 33.4. The van der Waals surface area contributed by atoms with E-state index in [2.05, 4.69) is 19.2 Å². The fraction of sp³-hybridized carbons (Fsp3) is 0.333. The Balaban J connectivity index is 1.57. The Morgan fingerprint density at radius 3 is 2.02 bits per heavy atom. The molecule has 0 radical (unpaired) electrons. The first-order valence-electron chi connectivity index (χ1n) is 16.5. The number of aryl methyl sites for hydroxylation is 1. The summed E-state index contributed by atoms with van der Waals surface area (Å²) in [6.07, 6.45) is 4.23. The van der Waals surface area contributed by atoms with Crippen LogP contribution in [-0.2, 0) is 32.6 Å². The second-order valence-corrected chi connectivity index (χ2v) is 14.6. The quantitative estimate of drug-likeness (QED) is 0.169. The van der Waals surface area contributed by atoms with E-state index in [1.165, 1.54) is 16.4 Å². The summed E-state index contributed by atoms with van der Waals surface area (Å²) in [5.41, 5.74) is 4.24.